The lowest BCUT2D eigenvalue weighted by Crippen LogP contribution is -2.51. The van der Waals surface area contributed by atoms with Crippen molar-refractivity contribution in [3.8, 4) is 0 Å². The summed E-state index contributed by atoms with van der Waals surface area (Å²) in [6.07, 6.45) is 0. The third-order valence-corrected chi connectivity index (χ3v) is 6.12. The lowest BCUT2D eigenvalue weighted by molar-refractivity contribution is -0.134. The summed E-state index contributed by atoms with van der Waals surface area (Å²) in [4.78, 5) is 32.3. The Morgan fingerprint density at radius 2 is 1.66 bits per heavy atom. The lowest BCUT2D eigenvalue weighted by Gasteiger charge is -2.37. The third-order valence-electron chi connectivity index (χ3n) is 5.13. The van der Waals surface area contributed by atoms with Crippen LogP contribution in [0.3, 0.4) is 0 Å². The summed E-state index contributed by atoms with van der Waals surface area (Å²) < 4.78 is 13.7. The monoisotopic (exact) mass is 452 g/mol. The SMILES string of the molecule is Cc1ccc(CN(Cc2ccccc2)C(=O)CN(C(=O)c2cccc(F)c2)C(C)(C)C)s1. The van der Waals surface area contributed by atoms with Gasteiger partial charge in [0.05, 0.1) is 6.54 Å². The van der Waals surface area contributed by atoms with Crippen LogP contribution in [0.5, 0.6) is 0 Å². The summed E-state index contributed by atoms with van der Waals surface area (Å²) in [7, 11) is 0. The molecule has 32 heavy (non-hydrogen) atoms. The molecule has 0 bridgehead atoms. The molecule has 0 unspecified atom stereocenters. The molecule has 0 aliphatic heterocycles. The van der Waals surface area contributed by atoms with Gasteiger partial charge in [0.1, 0.15) is 12.4 Å². The van der Waals surface area contributed by atoms with E-state index in [2.05, 4.69) is 0 Å². The Labute approximate surface area is 193 Å². The molecule has 0 N–H and O–H groups in total. The van der Waals surface area contributed by atoms with Crippen molar-refractivity contribution < 1.29 is 14.0 Å². The van der Waals surface area contributed by atoms with Gasteiger partial charge in [-0.2, -0.15) is 0 Å². The number of thiophene rings is 1. The van der Waals surface area contributed by atoms with Crippen molar-refractivity contribution in [1.82, 2.24) is 9.80 Å². The molecule has 0 aliphatic rings. The fourth-order valence-electron chi connectivity index (χ4n) is 3.42. The van der Waals surface area contributed by atoms with Gasteiger partial charge in [-0.05, 0) is 63.6 Å². The average Bonchev–Trinajstić information content (AvgIpc) is 3.15. The zero-order valence-corrected chi connectivity index (χ0v) is 19.8. The van der Waals surface area contributed by atoms with Crippen LogP contribution in [0.1, 0.15) is 46.4 Å². The predicted octanol–water partition coefficient (Wildman–Crippen LogP) is 5.67. The molecule has 0 aliphatic carbocycles. The smallest absolute Gasteiger partial charge is 0.254 e. The molecule has 0 saturated carbocycles. The van der Waals surface area contributed by atoms with E-state index >= 15 is 0 Å². The largest absolute Gasteiger partial charge is 0.332 e. The normalized spacial score (nSPS) is 11.3. The van der Waals surface area contributed by atoms with Gasteiger partial charge in [-0.15, -0.1) is 11.3 Å². The van der Waals surface area contributed by atoms with Gasteiger partial charge in [0, 0.05) is 27.4 Å². The molecule has 0 saturated heterocycles. The van der Waals surface area contributed by atoms with E-state index in [1.165, 1.54) is 28.0 Å². The van der Waals surface area contributed by atoms with E-state index in [4.69, 9.17) is 0 Å². The lowest BCUT2D eigenvalue weighted by atomic mass is 10.0. The predicted molar refractivity (Wildman–Crippen MR) is 127 cm³/mol. The van der Waals surface area contributed by atoms with Crippen LogP contribution in [0, 0.1) is 12.7 Å². The summed E-state index contributed by atoms with van der Waals surface area (Å²) in [6.45, 7) is 8.50. The summed E-state index contributed by atoms with van der Waals surface area (Å²) >= 11 is 1.66. The highest BCUT2D eigenvalue weighted by atomic mass is 32.1. The number of carbonyl (C=O) groups is 2. The first-order valence-electron chi connectivity index (χ1n) is 10.6. The molecule has 0 fully saturated rings. The Morgan fingerprint density at radius 1 is 0.938 bits per heavy atom. The first kappa shape index (κ1) is 23.7. The van der Waals surface area contributed by atoms with Crippen molar-refractivity contribution in [3.05, 3.63) is 93.4 Å². The Kier molecular flexibility index (Phi) is 7.46. The van der Waals surface area contributed by atoms with Crippen molar-refractivity contribution in [2.24, 2.45) is 0 Å². The molecular weight excluding hydrogens is 423 g/mol. The number of nitrogens with zero attached hydrogens (tertiary/aromatic N) is 2. The van der Waals surface area contributed by atoms with Gasteiger partial charge >= 0.3 is 0 Å². The highest BCUT2D eigenvalue weighted by Gasteiger charge is 2.31. The second-order valence-corrected chi connectivity index (χ2v) is 10.2. The van der Waals surface area contributed by atoms with Crippen LogP contribution < -0.4 is 0 Å². The summed E-state index contributed by atoms with van der Waals surface area (Å²) in [5.41, 5.74) is 0.640. The van der Waals surface area contributed by atoms with Crippen molar-refractivity contribution in [1.29, 1.82) is 0 Å². The quantitative estimate of drug-likeness (QED) is 0.464. The van der Waals surface area contributed by atoms with Gasteiger partial charge in [0.2, 0.25) is 5.91 Å². The second kappa shape index (κ2) is 10.1. The Morgan fingerprint density at radius 3 is 2.25 bits per heavy atom. The summed E-state index contributed by atoms with van der Waals surface area (Å²) in [6, 6.07) is 19.5. The molecule has 1 heterocycles. The van der Waals surface area contributed by atoms with Crippen LogP contribution in [0.25, 0.3) is 0 Å². The number of halogens is 1. The van der Waals surface area contributed by atoms with Crippen molar-refractivity contribution in [2.75, 3.05) is 6.54 Å². The molecule has 3 aromatic rings. The first-order valence-corrected chi connectivity index (χ1v) is 11.4. The molecule has 168 valence electrons. The number of rotatable bonds is 7. The zero-order chi connectivity index (χ0) is 23.3. The minimum Gasteiger partial charge on any atom is -0.332 e. The van der Waals surface area contributed by atoms with Gasteiger partial charge < -0.3 is 9.80 Å². The topological polar surface area (TPSA) is 40.6 Å². The molecular formula is C26H29FN2O2S. The van der Waals surface area contributed by atoms with E-state index in [1.807, 2.05) is 70.2 Å². The number of hydrogen-bond donors (Lipinski definition) is 0. The highest BCUT2D eigenvalue weighted by molar-refractivity contribution is 7.11. The first-order chi connectivity index (χ1) is 15.1. The molecule has 0 radical (unpaired) electrons. The van der Waals surface area contributed by atoms with Crippen LogP contribution in [-0.2, 0) is 17.9 Å². The van der Waals surface area contributed by atoms with Crippen LogP contribution in [0.4, 0.5) is 4.39 Å². The van der Waals surface area contributed by atoms with Gasteiger partial charge in [0.25, 0.3) is 5.91 Å². The van der Waals surface area contributed by atoms with Gasteiger partial charge in [0.15, 0.2) is 0 Å². The summed E-state index contributed by atoms with van der Waals surface area (Å²) in [5.74, 6) is -0.994. The number of benzene rings is 2. The molecule has 0 atom stereocenters. The maximum atomic E-state index is 13.7. The van der Waals surface area contributed by atoms with E-state index in [0.717, 1.165) is 10.4 Å². The fourth-order valence-corrected chi connectivity index (χ4v) is 4.33. The van der Waals surface area contributed by atoms with Crippen LogP contribution >= 0.6 is 11.3 Å². The number of amides is 2. The Balaban J connectivity index is 1.85. The molecule has 0 spiro atoms. The van der Waals surface area contributed by atoms with E-state index in [9.17, 15) is 14.0 Å². The van der Waals surface area contributed by atoms with Gasteiger partial charge in [-0.1, -0.05) is 36.4 Å². The minimum absolute atomic E-state index is 0.0873. The molecule has 2 amide bonds. The van der Waals surface area contributed by atoms with Crippen LogP contribution in [0.2, 0.25) is 0 Å². The van der Waals surface area contributed by atoms with Gasteiger partial charge in [-0.3, -0.25) is 9.59 Å². The van der Waals surface area contributed by atoms with E-state index in [1.54, 1.807) is 22.3 Å². The number of carbonyl (C=O) groups excluding carboxylic acids is 2. The fraction of sp³-hybridized carbons (Fsp3) is 0.308. The third kappa shape index (κ3) is 6.26. The van der Waals surface area contributed by atoms with Crippen LogP contribution in [0.15, 0.2) is 66.7 Å². The zero-order valence-electron chi connectivity index (χ0n) is 19.0. The molecule has 6 heteroatoms. The maximum absolute atomic E-state index is 13.7. The van der Waals surface area contributed by atoms with E-state index in [-0.39, 0.29) is 23.9 Å². The Hall–Kier alpha value is -2.99. The van der Waals surface area contributed by atoms with Gasteiger partial charge in [-0.25, -0.2) is 4.39 Å². The Bertz CT molecular complexity index is 1070. The highest BCUT2D eigenvalue weighted by Crippen LogP contribution is 2.22. The second-order valence-electron chi connectivity index (χ2n) is 8.82. The number of aryl methyl sites for hydroxylation is 1. The minimum atomic E-state index is -0.614. The standard InChI is InChI=1S/C26H29FN2O2S/c1-19-13-14-23(32-19)17-28(16-20-9-6-5-7-10-20)24(30)18-29(26(2,3)4)25(31)21-11-8-12-22(27)15-21/h5-15H,16-18H2,1-4H3. The van der Waals surface area contributed by atoms with Crippen molar-refractivity contribution >= 4 is 23.2 Å². The maximum Gasteiger partial charge on any atom is 0.254 e. The summed E-state index contributed by atoms with van der Waals surface area (Å²) in [5, 5.41) is 0. The number of hydrogen-bond acceptors (Lipinski definition) is 3. The van der Waals surface area contributed by atoms with Crippen molar-refractivity contribution in [3.63, 3.8) is 0 Å². The average molecular weight is 453 g/mol. The molecule has 3 rings (SSSR count). The van der Waals surface area contributed by atoms with Crippen LogP contribution in [-0.4, -0.2) is 33.7 Å². The molecule has 2 aromatic carbocycles. The van der Waals surface area contributed by atoms with E-state index < -0.39 is 11.4 Å². The van der Waals surface area contributed by atoms with Crippen molar-refractivity contribution in [2.45, 2.75) is 46.3 Å². The molecule has 1 aromatic heterocycles. The molecule has 4 nitrogen and oxygen atoms in total. The van der Waals surface area contributed by atoms with E-state index in [0.29, 0.717) is 13.1 Å².